The topological polar surface area (TPSA) is 66.8 Å². The molecule has 1 saturated carbocycles. The van der Waals surface area contributed by atoms with Gasteiger partial charge >= 0.3 is 5.97 Å². The molecule has 1 aliphatic carbocycles. The Balaban J connectivity index is 2.57. The summed E-state index contributed by atoms with van der Waals surface area (Å²) in [4.78, 5) is 12.1. The van der Waals surface area contributed by atoms with E-state index >= 15 is 0 Å². The number of ether oxygens (including phenoxy) is 1. The Kier molecular flexibility index (Phi) is 6.72. The first-order chi connectivity index (χ1) is 8.60. The molecule has 18 heavy (non-hydrogen) atoms. The summed E-state index contributed by atoms with van der Waals surface area (Å²) in [7, 11) is 5.56. The van der Waals surface area contributed by atoms with Gasteiger partial charge in [0.05, 0.1) is 19.9 Å². The number of hydrogen-bond donors (Lipinski definition) is 2. The first-order valence-electron chi connectivity index (χ1n) is 6.86. The molecule has 0 aromatic rings. The van der Waals surface area contributed by atoms with Crippen molar-refractivity contribution in [1.29, 1.82) is 0 Å². The van der Waals surface area contributed by atoms with Crippen molar-refractivity contribution in [3.63, 3.8) is 0 Å². The van der Waals surface area contributed by atoms with Crippen molar-refractivity contribution >= 4 is 13.8 Å². The van der Waals surface area contributed by atoms with Crippen LogP contribution in [0.2, 0.25) is 6.32 Å². The summed E-state index contributed by atoms with van der Waals surface area (Å²) in [6.45, 7) is 2.01. The molecule has 3 unspecified atom stereocenters. The highest BCUT2D eigenvalue weighted by Gasteiger charge is 2.36. The van der Waals surface area contributed by atoms with E-state index in [2.05, 4.69) is 0 Å². The minimum atomic E-state index is -1.44. The van der Waals surface area contributed by atoms with Gasteiger partial charge in [-0.05, 0) is 19.3 Å². The molecule has 1 aliphatic rings. The van der Waals surface area contributed by atoms with Crippen molar-refractivity contribution in [2.75, 3.05) is 0 Å². The van der Waals surface area contributed by atoms with Gasteiger partial charge in [-0.3, -0.25) is 4.79 Å². The Bertz CT molecular complexity index is 257. The second kappa shape index (κ2) is 7.79. The Morgan fingerprint density at radius 2 is 2.06 bits per heavy atom. The highest BCUT2D eigenvalue weighted by atomic mass is 16.5. The first kappa shape index (κ1) is 15.5. The molecule has 0 aromatic heterocycles. The third kappa shape index (κ3) is 4.28. The van der Waals surface area contributed by atoms with E-state index in [0.29, 0.717) is 19.2 Å². The largest absolute Gasteiger partial charge is 0.463 e. The average molecular weight is 254 g/mol. The predicted octanol–water partition coefficient (Wildman–Crippen LogP) is 1.40. The summed E-state index contributed by atoms with van der Waals surface area (Å²) in [6, 6.07) is 0. The maximum absolute atomic E-state index is 12.1. The second-order valence-corrected chi connectivity index (χ2v) is 5.05. The standard InChI is InChI=1S/C13H23BO4/c1-2-5-9(8-14)18-13(17)11-7-4-3-6-10(11)12(15)16/h9-12,15-16H,2-8H2,1H3. The number of carbonyl (C=O) groups excluding carboxylic acids is 1. The van der Waals surface area contributed by atoms with E-state index in [0.717, 1.165) is 25.7 Å². The third-order valence-corrected chi connectivity index (χ3v) is 3.66. The van der Waals surface area contributed by atoms with Crippen molar-refractivity contribution < 1.29 is 19.7 Å². The monoisotopic (exact) mass is 254 g/mol. The van der Waals surface area contributed by atoms with Gasteiger partial charge < -0.3 is 14.9 Å². The minimum Gasteiger partial charge on any atom is -0.463 e. The molecule has 1 fully saturated rings. The molecule has 0 aliphatic heterocycles. The zero-order valence-corrected chi connectivity index (χ0v) is 11.0. The number of esters is 1. The summed E-state index contributed by atoms with van der Waals surface area (Å²) >= 11 is 0. The number of carbonyl (C=O) groups is 1. The fourth-order valence-corrected chi connectivity index (χ4v) is 2.61. The van der Waals surface area contributed by atoms with Gasteiger partial charge in [0.2, 0.25) is 0 Å². The fourth-order valence-electron chi connectivity index (χ4n) is 2.61. The van der Waals surface area contributed by atoms with Gasteiger partial charge in [0.15, 0.2) is 6.29 Å². The summed E-state index contributed by atoms with van der Waals surface area (Å²) < 4.78 is 5.37. The maximum Gasteiger partial charge on any atom is 0.309 e. The smallest absolute Gasteiger partial charge is 0.309 e. The lowest BCUT2D eigenvalue weighted by molar-refractivity contribution is -0.168. The predicted molar refractivity (Wildman–Crippen MR) is 69.0 cm³/mol. The molecule has 2 radical (unpaired) electrons. The molecule has 0 heterocycles. The molecule has 5 heteroatoms. The number of hydrogen-bond acceptors (Lipinski definition) is 4. The average Bonchev–Trinajstić information content (AvgIpc) is 2.38. The van der Waals surface area contributed by atoms with Gasteiger partial charge in [0, 0.05) is 5.92 Å². The molecule has 0 bridgehead atoms. The second-order valence-electron chi connectivity index (χ2n) is 5.05. The Morgan fingerprint density at radius 3 is 2.61 bits per heavy atom. The summed E-state index contributed by atoms with van der Waals surface area (Å²) in [6.07, 6.45) is 3.49. The van der Waals surface area contributed by atoms with Crippen molar-refractivity contribution in [2.24, 2.45) is 11.8 Å². The van der Waals surface area contributed by atoms with Crippen LogP contribution in [0.4, 0.5) is 0 Å². The molecule has 1 rings (SSSR count). The van der Waals surface area contributed by atoms with Crippen molar-refractivity contribution in [2.45, 2.75) is 64.2 Å². The van der Waals surface area contributed by atoms with Gasteiger partial charge in [-0.25, -0.2) is 0 Å². The lowest BCUT2D eigenvalue weighted by atomic mass is 9.79. The summed E-state index contributed by atoms with van der Waals surface area (Å²) in [5.74, 6) is -1.12. The Hall–Kier alpha value is -0.545. The Morgan fingerprint density at radius 1 is 1.39 bits per heavy atom. The first-order valence-corrected chi connectivity index (χ1v) is 6.86. The Labute approximate surface area is 110 Å². The maximum atomic E-state index is 12.1. The van der Waals surface area contributed by atoms with Crippen molar-refractivity contribution in [1.82, 2.24) is 0 Å². The molecule has 0 spiro atoms. The van der Waals surface area contributed by atoms with Crippen LogP contribution < -0.4 is 0 Å². The normalized spacial score (nSPS) is 26.0. The molecule has 102 valence electrons. The molecule has 0 aromatic carbocycles. The quantitative estimate of drug-likeness (QED) is 0.427. The van der Waals surface area contributed by atoms with Crippen LogP contribution in [0.5, 0.6) is 0 Å². The lowest BCUT2D eigenvalue weighted by Gasteiger charge is -2.32. The van der Waals surface area contributed by atoms with Crippen LogP contribution >= 0.6 is 0 Å². The van der Waals surface area contributed by atoms with E-state index in [1.165, 1.54) is 0 Å². The van der Waals surface area contributed by atoms with Crippen molar-refractivity contribution in [3.8, 4) is 0 Å². The van der Waals surface area contributed by atoms with Crippen molar-refractivity contribution in [3.05, 3.63) is 0 Å². The third-order valence-electron chi connectivity index (χ3n) is 3.66. The van der Waals surface area contributed by atoms with E-state index in [9.17, 15) is 15.0 Å². The molecule has 4 nitrogen and oxygen atoms in total. The highest BCUT2D eigenvalue weighted by Crippen LogP contribution is 2.33. The highest BCUT2D eigenvalue weighted by molar-refractivity contribution is 6.08. The van der Waals surface area contributed by atoms with Crippen LogP contribution in [0.3, 0.4) is 0 Å². The van der Waals surface area contributed by atoms with E-state index in [1.807, 2.05) is 6.92 Å². The molecular formula is C13H23BO4. The molecule has 3 atom stereocenters. The number of aliphatic hydroxyl groups is 2. The zero-order chi connectivity index (χ0) is 13.5. The van der Waals surface area contributed by atoms with Gasteiger partial charge in [0.25, 0.3) is 0 Å². The summed E-state index contributed by atoms with van der Waals surface area (Å²) in [5, 5.41) is 18.6. The summed E-state index contributed by atoms with van der Waals surface area (Å²) in [5.41, 5.74) is 0. The van der Waals surface area contributed by atoms with Crippen LogP contribution in [0.15, 0.2) is 0 Å². The molecule has 0 saturated heterocycles. The van der Waals surface area contributed by atoms with Crippen LogP contribution in [0, 0.1) is 11.8 Å². The van der Waals surface area contributed by atoms with Gasteiger partial charge in [-0.15, -0.1) is 0 Å². The van der Waals surface area contributed by atoms with Gasteiger partial charge in [-0.2, -0.15) is 0 Å². The SMILES string of the molecule is [B]CC(CCC)OC(=O)C1CCCCC1C(O)O. The van der Waals surface area contributed by atoms with Crippen LogP contribution in [0.1, 0.15) is 45.4 Å². The van der Waals surface area contributed by atoms with E-state index in [-0.39, 0.29) is 12.1 Å². The van der Waals surface area contributed by atoms with Crippen LogP contribution in [-0.4, -0.2) is 36.4 Å². The van der Waals surface area contributed by atoms with E-state index in [1.54, 1.807) is 0 Å². The van der Waals surface area contributed by atoms with Crippen LogP contribution in [0.25, 0.3) is 0 Å². The molecule has 2 N–H and O–H groups in total. The van der Waals surface area contributed by atoms with Gasteiger partial charge in [0.1, 0.15) is 0 Å². The number of rotatable bonds is 6. The molecule has 0 amide bonds. The molecular weight excluding hydrogens is 231 g/mol. The lowest BCUT2D eigenvalue weighted by Crippen LogP contribution is -2.37. The number of aliphatic hydroxyl groups excluding tert-OH is 1. The van der Waals surface area contributed by atoms with E-state index in [4.69, 9.17) is 12.6 Å². The van der Waals surface area contributed by atoms with Gasteiger partial charge in [-0.1, -0.05) is 32.5 Å². The fraction of sp³-hybridized carbons (Fsp3) is 0.923. The van der Waals surface area contributed by atoms with E-state index < -0.39 is 18.1 Å². The minimum absolute atomic E-state index is 0.249. The zero-order valence-electron chi connectivity index (χ0n) is 11.0. The van der Waals surface area contributed by atoms with Crippen LogP contribution in [-0.2, 0) is 9.53 Å².